The minimum atomic E-state index is 0. The largest absolute Gasteiger partial charge is 0.493 e. The molecule has 0 bridgehead atoms. The van der Waals surface area contributed by atoms with Gasteiger partial charge in [-0.1, -0.05) is 25.1 Å². The fourth-order valence-corrected chi connectivity index (χ4v) is 3.64. The highest BCUT2D eigenvalue weighted by Gasteiger charge is 2.22. The number of nitrogens with one attached hydrogen (secondary N) is 2. The number of piperidine rings is 1. The van der Waals surface area contributed by atoms with Crippen LogP contribution in [0.4, 0.5) is 0 Å². The van der Waals surface area contributed by atoms with Crippen LogP contribution in [0.1, 0.15) is 51.5 Å². The number of hydrogen-bond acceptors (Lipinski definition) is 3. The summed E-state index contributed by atoms with van der Waals surface area (Å²) in [5.41, 5.74) is 1.09. The Bertz CT molecular complexity index is 694. The molecule has 2 aliphatic rings. The van der Waals surface area contributed by atoms with Crippen LogP contribution in [0, 0.1) is 11.8 Å². The van der Waals surface area contributed by atoms with Gasteiger partial charge in [0, 0.05) is 38.2 Å². The van der Waals surface area contributed by atoms with Gasteiger partial charge in [-0.3, -0.25) is 4.79 Å². The molecule has 30 heavy (non-hydrogen) atoms. The van der Waals surface area contributed by atoms with Gasteiger partial charge < -0.3 is 20.3 Å². The van der Waals surface area contributed by atoms with Crippen molar-refractivity contribution in [2.75, 3.05) is 32.8 Å². The van der Waals surface area contributed by atoms with E-state index in [0.717, 1.165) is 55.9 Å². The molecule has 2 fully saturated rings. The van der Waals surface area contributed by atoms with Gasteiger partial charge in [0.1, 0.15) is 5.75 Å². The summed E-state index contributed by atoms with van der Waals surface area (Å²) in [5, 5.41) is 6.57. The second-order valence-electron chi connectivity index (χ2n) is 8.32. The van der Waals surface area contributed by atoms with E-state index in [-0.39, 0.29) is 29.9 Å². The number of hydrogen-bond donors (Lipinski definition) is 2. The molecule has 1 aromatic carbocycles. The summed E-state index contributed by atoms with van der Waals surface area (Å²) in [6.45, 7) is 8.78. The molecule has 1 aromatic rings. The van der Waals surface area contributed by atoms with Gasteiger partial charge in [-0.25, -0.2) is 4.99 Å². The number of likely N-dealkylation sites (tertiary alicyclic amines) is 1. The van der Waals surface area contributed by atoms with Crippen molar-refractivity contribution in [2.45, 2.75) is 52.5 Å². The third-order valence-corrected chi connectivity index (χ3v) is 5.54. The highest BCUT2D eigenvalue weighted by molar-refractivity contribution is 14.0. The third-order valence-electron chi connectivity index (χ3n) is 5.54. The molecule has 0 spiro atoms. The quantitative estimate of drug-likeness (QED) is 0.291. The number of ether oxygens (including phenoxy) is 1. The number of carbonyl (C=O) groups is 1. The highest BCUT2D eigenvalue weighted by Crippen LogP contribution is 2.30. The summed E-state index contributed by atoms with van der Waals surface area (Å²) >= 11 is 0. The standard InChI is InChI=1S/C23H36N4O2.HI/c1-3-24-23(25-13-12-22(28)27-14-6-7-18(2)16-27)26-15-20-8-4-5-9-21(20)29-17-19-10-11-19;/h4-5,8-9,18-19H,3,6-7,10-17H2,1-2H3,(H2,24,25,26);1H. The van der Waals surface area contributed by atoms with Gasteiger partial charge in [-0.05, 0) is 50.5 Å². The van der Waals surface area contributed by atoms with Crippen LogP contribution in [0.25, 0.3) is 0 Å². The summed E-state index contributed by atoms with van der Waals surface area (Å²) in [4.78, 5) is 19.2. The van der Waals surface area contributed by atoms with Crippen molar-refractivity contribution in [1.82, 2.24) is 15.5 Å². The molecule has 2 N–H and O–H groups in total. The van der Waals surface area contributed by atoms with Crippen LogP contribution in [-0.2, 0) is 11.3 Å². The maximum Gasteiger partial charge on any atom is 0.224 e. The lowest BCUT2D eigenvalue weighted by atomic mass is 10.00. The summed E-state index contributed by atoms with van der Waals surface area (Å²) in [5.74, 6) is 3.24. The second kappa shape index (κ2) is 13.0. The lowest BCUT2D eigenvalue weighted by Crippen LogP contribution is -2.42. The fraction of sp³-hybridized carbons (Fsp3) is 0.652. The molecule has 1 saturated heterocycles. The van der Waals surface area contributed by atoms with Crippen LogP contribution in [-0.4, -0.2) is 49.6 Å². The second-order valence-corrected chi connectivity index (χ2v) is 8.32. The van der Waals surface area contributed by atoms with Crippen LogP contribution in [0.3, 0.4) is 0 Å². The van der Waals surface area contributed by atoms with Gasteiger partial charge in [0.25, 0.3) is 0 Å². The first kappa shape index (κ1) is 24.8. The van der Waals surface area contributed by atoms with E-state index < -0.39 is 0 Å². The number of halogens is 1. The monoisotopic (exact) mass is 528 g/mol. The van der Waals surface area contributed by atoms with Crippen molar-refractivity contribution in [1.29, 1.82) is 0 Å². The van der Waals surface area contributed by atoms with Crippen molar-refractivity contribution in [3.63, 3.8) is 0 Å². The number of nitrogens with zero attached hydrogens (tertiary/aromatic N) is 2. The van der Waals surface area contributed by atoms with E-state index >= 15 is 0 Å². The van der Waals surface area contributed by atoms with Gasteiger partial charge >= 0.3 is 0 Å². The molecule has 1 unspecified atom stereocenters. The van der Waals surface area contributed by atoms with E-state index in [1.54, 1.807) is 0 Å². The minimum absolute atomic E-state index is 0. The molecule has 6 nitrogen and oxygen atoms in total. The first-order chi connectivity index (χ1) is 14.2. The van der Waals surface area contributed by atoms with Crippen LogP contribution in [0.15, 0.2) is 29.3 Å². The number of benzene rings is 1. The first-order valence-electron chi connectivity index (χ1n) is 11.2. The predicted octanol–water partition coefficient (Wildman–Crippen LogP) is 3.80. The molecule has 0 radical (unpaired) electrons. The molecule has 168 valence electrons. The molecular formula is C23H37IN4O2. The molecule has 0 aromatic heterocycles. The van der Waals surface area contributed by atoms with E-state index in [0.29, 0.717) is 25.4 Å². The SMILES string of the molecule is CCNC(=NCc1ccccc1OCC1CC1)NCCC(=O)N1CCCC(C)C1.I. The van der Waals surface area contributed by atoms with Crippen molar-refractivity contribution in [3.05, 3.63) is 29.8 Å². The predicted molar refractivity (Wildman–Crippen MR) is 132 cm³/mol. The average Bonchev–Trinajstić information content (AvgIpc) is 3.55. The Morgan fingerprint density at radius 3 is 2.77 bits per heavy atom. The summed E-state index contributed by atoms with van der Waals surface area (Å²) in [6.07, 6.45) is 5.41. The fourth-order valence-electron chi connectivity index (χ4n) is 3.64. The van der Waals surface area contributed by atoms with Gasteiger partial charge in [-0.2, -0.15) is 0 Å². The van der Waals surface area contributed by atoms with E-state index in [4.69, 9.17) is 9.73 Å². The van der Waals surface area contributed by atoms with Crippen LogP contribution in [0.2, 0.25) is 0 Å². The zero-order valence-electron chi connectivity index (χ0n) is 18.4. The summed E-state index contributed by atoms with van der Waals surface area (Å²) in [7, 11) is 0. The van der Waals surface area contributed by atoms with Crippen molar-refractivity contribution in [3.8, 4) is 5.75 Å². The van der Waals surface area contributed by atoms with Crippen molar-refractivity contribution < 1.29 is 9.53 Å². The highest BCUT2D eigenvalue weighted by atomic mass is 127. The van der Waals surface area contributed by atoms with Gasteiger partial charge in [0.15, 0.2) is 5.96 Å². The van der Waals surface area contributed by atoms with E-state index in [1.165, 1.54) is 19.3 Å². The Labute approximate surface area is 198 Å². The molecule has 1 heterocycles. The molecule has 1 atom stereocenters. The Hall–Kier alpha value is -1.51. The number of carbonyl (C=O) groups excluding carboxylic acids is 1. The van der Waals surface area contributed by atoms with E-state index in [2.05, 4.69) is 23.6 Å². The van der Waals surface area contributed by atoms with Gasteiger partial charge in [-0.15, -0.1) is 24.0 Å². The lowest BCUT2D eigenvalue weighted by Gasteiger charge is -2.31. The number of rotatable bonds is 9. The maximum atomic E-state index is 12.4. The molecule has 1 amide bonds. The minimum Gasteiger partial charge on any atom is -0.493 e. The molecule has 3 rings (SSSR count). The molecule has 1 aliphatic carbocycles. The van der Waals surface area contributed by atoms with E-state index in [9.17, 15) is 4.79 Å². The van der Waals surface area contributed by atoms with Crippen molar-refractivity contribution >= 4 is 35.8 Å². The number of aliphatic imine (C=N–C) groups is 1. The first-order valence-corrected chi connectivity index (χ1v) is 11.2. The molecule has 7 heteroatoms. The number of para-hydroxylation sites is 1. The molecule has 1 saturated carbocycles. The normalized spacial score (nSPS) is 19.1. The van der Waals surface area contributed by atoms with E-state index in [1.807, 2.05) is 30.0 Å². The smallest absolute Gasteiger partial charge is 0.224 e. The molecular weight excluding hydrogens is 491 g/mol. The zero-order valence-corrected chi connectivity index (χ0v) is 20.7. The maximum absolute atomic E-state index is 12.4. The topological polar surface area (TPSA) is 66.0 Å². The Kier molecular flexibility index (Phi) is 10.7. The van der Waals surface area contributed by atoms with Crippen LogP contribution in [0.5, 0.6) is 5.75 Å². The number of guanidine groups is 1. The van der Waals surface area contributed by atoms with Crippen LogP contribution < -0.4 is 15.4 Å². The van der Waals surface area contributed by atoms with Gasteiger partial charge in [0.05, 0.1) is 13.2 Å². The Morgan fingerprint density at radius 2 is 2.03 bits per heavy atom. The zero-order chi connectivity index (χ0) is 20.5. The van der Waals surface area contributed by atoms with Gasteiger partial charge in [0.2, 0.25) is 5.91 Å². The Balaban J connectivity index is 0.00000320. The number of amides is 1. The van der Waals surface area contributed by atoms with Crippen LogP contribution >= 0.6 is 24.0 Å². The summed E-state index contributed by atoms with van der Waals surface area (Å²) < 4.78 is 5.98. The lowest BCUT2D eigenvalue weighted by molar-refractivity contribution is -0.132. The summed E-state index contributed by atoms with van der Waals surface area (Å²) in [6, 6.07) is 8.11. The van der Waals surface area contributed by atoms with Crippen molar-refractivity contribution in [2.24, 2.45) is 16.8 Å². The third kappa shape index (κ3) is 8.32. The Morgan fingerprint density at radius 1 is 1.23 bits per heavy atom. The molecule has 1 aliphatic heterocycles. The average molecular weight is 528 g/mol.